The first-order chi connectivity index (χ1) is 29.8. The van der Waals surface area contributed by atoms with Gasteiger partial charge >= 0.3 is 11.9 Å². The summed E-state index contributed by atoms with van der Waals surface area (Å²) in [4.78, 5) is 65.0. The van der Waals surface area contributed by atoms with Crippen molar-refractivity contribution in [1.29, 1.82) is 0 Å². The molecule has 0 unspecified atom stereocenters. The number of esters is 2. The quantitative estimate of drug-likeness (QED) is 0.0898. The van der Waals surface area contributed by atoms with E-state index in [-0.39, 0.29) is 29.3 Å². The molecule has 3 heterocycles. The summed E-state index contributed by atoms with van der Waals surface area (Å²) < 4.78 is 9.64. The smallest absolute Gasteiger partial charge is 0.338 e. The molecule has 12 nitrogen and oxygen atoms in total. The molecule has 0 aromatic heterocycles. The molecule has 63 heavy (non-hydrogen) atoms. The van der Waals surface area contributed by atoms with Gasteiger partial charge in [-0.15, -0.1) is 0 Å². The van der Waals surface area contributed by atoms with Gasteiger partial charge in [0.1, 0.15) is 0 Å². The van der Waals surface area contributed by atoms with Crippen molar-refractivity contribution in [2.75, 3.05) is 14.2 Å². The van der Waals surface area contributed by atoms with E-state index < -0.39 is 17.0 Å². The number of carbonyl (C=O) groups is 5. The lowest BCUT2D eigenvalue weighted by molar-refractivity contribution is 0.0561. The zero-order chi connectivity index (χ0) is 46.0. The van der Waals surface area contributed by atoms with E-state index in [9.17, 15) is 24.0 Å². The summed E-state index contributed by atoms with van der Waals surface area (Å²) in [6.45, 7) is 17.6. The maximum atomic E-state index is 13.0. The molecule has 3 aliphatic rings. The molecule has 0 bridgehead atoms. The Labute approximate surface area is 369 Å². The maximum absolute atomic E-state index is 13.0. The van der Waals surface area contributed by atoms with E-state index in [1.807, 2.05) is 125 Å². The number of benzene rings is 5. The van der Waals surface area contributed by atoms with E-state index in [1.165, 1.54) is 19.8 Å². The molecule has 0 spiro atoms. The fourth-order valence-electron chi connectivity index (χ4n) is 8.66. The van der Waals surface area contributed by atoms with E-state index in [2.05, 4.69) is 25.2 Å². The highest BCUT2D eigenvalue weighted by atomic mass is 16.5. The van der Waals surface area contributed by atoms with Crippen LogP contribution in [0.15, 0.2) is 103 Å². The van der Waals surface area contributed by atoms with Crippen LogP contribution in [0, 0.1) is 13.8 Å². The van der Waals surface area contributed by atoms with Crippen LogP contribution in [0.3, 0.4) is 0 Å². The number of methoxy groups -OCH3 is 2. The molecular formula is C51H56N4O8. The monoisotopic (exact) mass is 852 g/mol. The average Bonchev–Trinajstić information content (AvgIpc) is 3.86. The number of carbonyl (C=O) groups excluding carboxylic acids is 5. The third-order valence-electron chi connectivity index (χ3n) is 12.5. The number of hydroxylamine groups is 1. The highest BCUT2D eigenvalue weighted by Gasteiger charge is 2.43. The van der Waals surface area contributed by atoms with Gasteiger partial charge in [0.05, 0.1) is 36.4 Å². The van der Waals surface area contributed by atoms with Crippen LogP contribution in [0.4, 0.5) is 0 Å². The van der Waals surface area contributed by atoms with Crippen LogP contribution in [0.5, 0.6) is 0 Å². The Morgan fingerprint density at radius 3 is 1.35 bits per heavy atom. The van der Waals surface area contributed by atoms with Crippen LogP contribution in [0.25, 0.3) is 0 Å². The third kappa shape index (κ3) is 8.87. The molecule has 0 saturated carbocycles. The van der Waals surface area contributed by atoms with E-state index in [0.29, 0.717) is 40.9 Å². The summed E-state index contributed by atoms with van der Waals surface area (Å²) >= 11 is 0. The SMILES string of the molecule is COC(=O)c1cccc2c1CN(C(=O)c1ccc(C)cc1)C2(C)C.COC(=O)c1cccc2c1CNC2(C)C.Cc1ccc(C(=O)N2Cc3c(C(=O)NO)cccc3C2(C)C)cc1. The molecule has 0 saturated heterocycles. The fraction of sp³-hybridized carbons (Fsp3) is 0.314. The lowest BCUT2D eigenvalue weighted by Crippen LogP contribution is -2.40. The topological polar surface area (TPSA) is 155 Å². The van der Waals surface area contributed by atoms with Gasteiger partial charge in [-0.3, -0.25) is 19.6 Å². The summed E-state index contributed by atoms with van der Waals surface area (Å²) in [6, 6.07) is 31.7. The summed E-state index contributed by atoms with van der Waals surface area (Å²) in [5.74, 6) is -1.30. The number of rotatable bonds is 5. The van der Waals surface area contributed by atoms with Gasteiger partial charge in [0, 0.05) is 41.9 Å². The summed E-state index contributed by atoms with van der Waals surface area (Å²) in [7, 11) is 2.78. The summed E-state index contributed by atoms with van der Waals surface area (Å²) in [5.41, 5.74) is 11.5. The zero-order valence-corrected chi connectivity index (χ0v) is 37.6. The second kappa shape index (κ2) is 18.0. The first kappa shape index (κ1) is 45.9. The first-order valence-corrected chi connectivity index (χ1v) is 20.8. The van der Waals surface area contributed by atoms with Crippen molar-refractivity contribution in [3.8, 4) is 0 Å². The molecule has 0 aliphatic carbocycles. The van der Waals surface area contributed by atoms with Gasteiger partial charge < -0.3 is 24.6 Å². The summed E-state index contributed by atoms with van der Waals surface area (Å²) in [6.07, 6.45) is 0. The molecule has 0 radical (unpaired) electrons. The predicted octanol–water partition coefficient (Wildman–Crippen LogP) is 8.49. The second-order valence-corrected chi connectivity index (χ2v) is 17.5. The van der Waals surface area contributed by atoms with Crippen molar-refractivity contribution >= 4 is 29.7 Å². The number of amides is 3. The zero-order valence-electron chi connectivity index (χ0n) is 37.6. The Morgan fingerprint density at radius 2 is 0.937 bits per heavy atom. The molecule has 5 aromatic carbocycles. The van der Waals surface area contributed by atoms with Gasteiger partial charge in [-0.1, -0.05) is 71.8 Å². The minimum Gasteiger partial charge on any atom is -0.465 e. The third-order valence-corrected chi connectivity index (χ3v) is 12.5. The van der Waals surface area contributed by atoms with Crippen LogP contribution < -0.4 is 10.8 Å². The maximum Gasteiger partial charge on any atom is 0.338 e. The van der Waals surface area contributed by atoms with Crippen molar-refractivity contribution in [3.05, 3.63) is 175 Å². The van der Waals surface area contributed by atoms with E-state index >= 15 is 0 Å². The minimum atomic E-state index is -0.563. The Hall–Kier alpha value is -6.63. The van der Waals surface area contributed by atoms with Gasteiger partial charge in [-0.2, -0.15) is 0 Å². The molecule has 3 aliphatic heterocycles. The lowest BCUT2D eigenvalue weighted by Gasteiger charge is -2.32. The van der Waals surface area contributed by atoms with Gasteiger partial charge in [-0.05, 0) is 131 Å². The molecule has 5 aromatic rings. The fourth-order valence-corrected chi connectivity index (χ4v) is 8.66. The van der Waals surface area contributed by atoms with Crippen molar-refractivity contribution in [3.63, 3.8) is 0 Å². The standard InChI is InChI=1S/C20H21NO3.C19H20N2O3.C12H15NO2/c1-13-8-10-14(11-9-13)18(22)21-12-16-15(19(23)24-4)6-5-7-17(16)20(21,2)3;1-12-7-9-13(10-8-12)18(23)21-11-15-14(17(22)20-24)5-4-6-16(15)19(21,2)3;1-12(2)10-6-4-5-8(11(14)15-3)9(10)7-13-12/h5-11H,12H2,1-4H3;4-10,24H,11H2,1-3H3,(H,20,22);4-6,13H,7H2,1-3H3. The number of ether oxygens (including phenoxy) is 2. The number of nitrogens with one attached hydrogen (secondary N) is 2. The van der Waals surface area contributed by atoms with Crippen molar-refractivity contribution in [1.82, 2.24) is 20.6 Å². The Balaban J connectivity index is 0.000000162. The predicted molar refractivity (Wildman–Crippen MR) is 239 cm³/mol. The van der Waals surface area contributed by atoms with E-state index in [4.69, 9.17) is 14.7 Å². The van der Waals surface area contributed by atoms with Gasteiger partial charge in [0.2, 0.25) is 0 Å². The number of nitrogens with zero attached hydrogens (tertiary/aromatic N) is 2. The van der Waals surface area contributed by atoms with Gasteiger partial charge in [-0.25, -0.2) is 15.1 Å². The Bertz CT molecular complexity index is 2440. The van der Waals surface area contributed by atoms with Gasteiger partial charge in [0.15, 0.2) is 0 Å². The molecule has 0 fully saturated rings. The molecular weight excluding hydrogens is 797 g/mol. The highest BCUT2D eigenvalue weighted by Crippen LogP contribution is 2.42. The molecule has 0 atom stereocenters. The van der Waals surface area contributed by atoms with Crippen LogP contribution in [-0.4, -0.2) is 58.9 Å². The van der Waals surface area contributed by atoms with E-state index in [1.54, 1.807) is 28.6 Å². The van der Waals surface area contributed by atoms with Crippen LogP contribution in [-0.2, 0) is 45.7 Å². The Kier molecular flexibility index (Phi) is 13.1. The van der Waals surface area contributed by atoms with E-state index in [0.717, 1.165) is 45.5 Å². The largest absolute Gasteiger partial charge is 0.465 e. The molecule has 328 valence electrons. The number of hydrogen-bond acceptors (Lipinski definition) is 9. The van der Waals surface area contributed by atoms with Crippen LogP contribution >= 0.6 is 0 Å². The first-order valence-electron chi connectivity index (χ1n) is 20.8. The highest BCUT2D eigenvalue weighted by molar-refractivity contribution is 5.99. The number of fused-ring (bicyclic) bond motifs is 3. The van der Waals surface area contributed by atoms with Crippen molar-refractivity contribution in [2.24, 2.45) is 0 Å². The second-order valence-electron chi connectivity index (χ2n) is 17.5. The minimum absolute atomic E-state index is 0.0352. The summed E-state index contributed by atoms with van der Waals surface area (Å²) in [5, 5.41) is 12.3. The lowest BCUT2D eigenvalue weighted by atomic mass is 9.91. The molecule has 8 rings (SSSR count). The number of hydrogen-bond donors (Lipinski definition) is 3. The van der Waals surface area contributed by atoms with Crippen LogP contribution in [0.1, 0.15) is 138 Å². The van der Waals surface area contributed by atoms with Gasteiger partial charge in [0.25, 0.3) is 17.7 Å². The van der Waals surface area contributed by atoms with Crippen molar-refractivity contribution in [2.45, 2.75) is 91.6 Å². The molecule has 12 heteroatoms. The average molecular weight is 853 g/mol. The molecule has 3 N–H and O–H groups in total. The normalized spacial score (nSPS) is 15.6. The number of aryl methyl sites for hydroxylation is 2. The van der Waals surface area contributed by atoms with Crippen LogP contribution in [0.2, 0.25) is 0 Å². The molecule has 3 amide bonds. The van der Waals surface area contributed by atoms with Crippen molar-refractivity contribution < 1.29 is 38.7 Å². The Morgan fingerprint density at radius 1 is 0.556 bits per heavy atom.